The van der Waals surface area contributed by atoms with Gasteiger partial charge in [0.15, 0.2) is 9.84 Å². The Morgan fingerprint density at radius 1 is 1.18 bits per heavy atom. The van der Waals surface area contributed by atoms with Gasteiger partial charge in [-0.1, -0.05) is 39.5 Å². The van der Waals surface area contributed by atoms with E-state index in [-0.39, 0.29) is 17.7 Å². The van der Waals surface area contributed by atoms with Gasteiger partial charge in [0, 0.05) is 6.04 Å². The third-order valence-corrected chi connectivity index (χ3v) is 5.91. The SMILES string of the molecule is CCC(C)CS(=O)(=O)CC(N)C1CCCCC1. The molecule has 1 aliphatic rings. The summed E-state index contributed by atoms with van der Waals surface area (Å²) < 4.78 is 23.9. The minimum absolute atomic E-state index is 0.149. The van der Waals surface area contributed by atoms with E-state index in [0.717, 1.165) is 19.3 Å². The second-order valence-corrected chi connectivity index (χ2v) is 7.81. The molecule has 0 bridgehead atoms. The van der Waals surface area contributed by atoms with E-state index < -0.39 is 9.84 Å². The van der Waals surface area contributed by atoms with Crippen LogP contribution in [-0.2, 0) is 9.84 Å². The highest BCUT2D eigenvalue weighted by Gasteiger charge is 2.26. The minimum atomic E-state index is -2.97. The first-order chi connectivity index (χ1) is 7.94. The molecule has 4 heteroatoms. The molecule has 17 heavy (non-hydrogen) atoms. The fraction of sp³-hybridized carbons (Fsp3) is 1.00. The highest BCUT2D eigenvalue weighted by atomic mass is 32.2. The van der Waals surface area contributed by atoms with Crippen molar-refractivity contribution in [3.8, 4) is 0 Å². The summed E-state index contributed by atoms with van der Waals surface area (Å²) >= 11 is 0. The zero-order valence-corrected chi connectivity index (χ0v) is 12.0. The van der Waals surface area contributed by atoms with Crippen LogP contribution in [0.3, 0.4) is 0 Å². The van der Waals surface area contributed by atoms with Gasteiger partial charge in [-0.3, -0.25) is 0 Å². The fourth-order valence-corrected chi connectivity index (χ4v) is 4.71. The molecule has 0 heterocycles. The Morgan fingerprint density at radius 3 is 2.29 bits per heavy atom. The lowest BCUT2D eigenvalue weighted by Gasteiger charge is -2.27. The summed E-state index contributed by atoms with van der Waals surface area (Å²) in [7, 11) is -2.97. The van der Waals surface area contributed by atoms with Gasteiger partial charge in [-0.15, -0.1) is 0 Å². The first-order valence-electron chi connectivity index (χ1n) is 6.90. The number of rotatable bonds is 6. The molecule has 0 amide bonds. The molecule has 1 fully saturated rings. The van der Waals surface area contributed by atoms with Crippen LogP contribution in [0, 0.1) is 11.8 Å². The molecule has 1 saturated carbocycles. The topological polar surface area (TPSA) is 60.2 Å². The Bertz CT molecular complexity index is 307. The van der Waals surface area contributed by atoms with Crippen LogP contribution in [0.15, 0.2) is 0 Å². The van der Waals surface area contributed by atoms with E-state index in [1.54, 1.807) is 0 Å². The third-order valence-electron chi connectivity index (χ3n) is 3.94. The quantitative estimate of drug-likeness (QED) is 0.798. The van der Waals surface area contributed by atoms with Crippen molar-refractivity contribution in [3.63, 3.8) is 0 Å². The van der Waals surface area contributed by atoms with E-state index >= 15 is 0 Å². The van der Waals surface area contributed by atoms with E-state index in [9.17, 15) is 8.42 Å². The van der Waals surface area contributed by atoms with Crippen LogP contribution in [0.1, 0.15) is 52.4 Å². The molecule has 0 aromatic rings. The van der Waals surface area contributed by atoms with Gasteiger partial charge in [0.2, 0.25) is 0 Å². The summed E-state index contributed by atoms with van der Waals surface area (Å²) in [6.07, 6.45) is 6.84. The van der Waals surface area contributed by atoms with Crippen molar-refractivity contribution in [1.29, 1.82) is 0 Å². The molecule has 1 rings (SSSR count). The molecular formula is C13H27NO2S. The van der Waals surface area contributed by atoms with Gasteiger partial charge in [0.25, 0.3) is 0 Å². The van der Waals surface area contributed by atoms with Crippen LogP contribution in [0.2, 0.25) is 0 Å². The highest BCUT2D eigenvalue weighted by molar-refractivity contribution is 7.91. The van der Waals surface area contributed by atoms with Crippen molar-refractivity contribution in [3.05, 3.63) is 0 Å². The molecule has 102 valence electrons. The molecule has 0 saturated heterocycles. The van der Waals surface area contributed by atoms with E-state index in [2.05, 4.69) is 0 Å². The second-order valence-electron chi connectivity index (χ2n) is 5.65. The third kappa shape index (κ3) is 5.38. The van der Waals surface area contributed by atoms with Gasteiger partial charge in [-0.25, -0.2) is 8.42 Å². The largest absolute Gasteiger partial charge is 0.327 e. The Hall–Kier alpha value is -0.0900. The van der Waals surface area contributed by atoms with Crippen molar-refractivity contribution < 1.29 is 8.42 Å². The summed E-state index contributed by atoms with van der Waals surface area (Å²) in [6, 6.07) is -0.149. The van der Waals surface area contributed by atoms with Gasteiger partial charge < -0.3 is 5.73 Å². The summed E-state index contributed by atoms with van der Waals surface area (Å²) in [6.45, 7) is 4.02. The monoisotopic (exact) mass is 261 g/mol. The maximum Gasteiger partial charge on any atom is 0.152 e. The van der Waals surface area contributed by atoms with Crippen molar-refractivity contribution in [2.45, 2.75) is 58.4 Å². The lowest BCUT2D eigenvalue weighted by Crippen LogP contribution is -2.39. The molecule has 0 spiro atoms. The first-order valence-corrected chi connectivity index (χ1v) is 8.72. The summed E-state index contributed by atoms with van der Waals surface area (Å²) in [4.78, 5) is 0. The zero-order chi connectivity index (χ0) is 12.9. The lowest BCUT2D eigenvalue weighted by atomic mass is 9.85. The van der Waals surface area contributed by atoms with Crippen molar-refractivity contribution >= 4 is 9.84 Å². The molecule has 0 aliphatic heterocycles. The standard InChI is InChI=1S/C13H27NO2S/c1-3-11(2)9-17(15,16)10-13(14)12-7-5-4-6-8-12/h11-13H,3-10,14H2,1-2H3. The molecule has 0 radical (unpaired) electrons. The van der Waals surface area contributed by atoms with Crippen molar-refractivity contribution in [2.75, 3.05) is 11.5 Å². The van der Waals surface area contributed by atoms with E-state index in [0.29, 0.717) is 11.7 Å². The molecule has 0 aromatic heterocycles. The predicted molar refractivity (Wildman–Crippen MR) is 72.7 cm³/mol. The van der Waals surface area contributed by atoms with Gasteiger partial charge in [0.1, 0.15) is 0 Å². The van der Waals surface area contributed by atoms with E-state index in [1.165, 1.54) is 19.3 Å². The highest BCUT2D eigenvalue weighted by Crippen LogP contribution is 2.26. The van der Waals surface area contributed by atoms with Gasteiger partial charge in [-0.2, -0.15) is 0 Å². The van der Waals surface area contributed by atoms with Crippen LogP contribution in [-0.4, -0.2) is 26.0 Å². The van der Waals surface area contributed by atoms with Crippen LogP contribution in [0.4, 0.5) is 0 Å². The smallest absolute Gasteiger partial charge is 0.152 e. The molecule has 3 nitrogen and oxygen atoms in total. The number of hydrogen-bond acceptors (Lipinski definition) is 3. The summed E-state index contributed by atoms with van der Waals surface area (Å²) in [5.74, 6) is 1.15. The van der Waals surface area contributed by atoms with E-state index in [4.69, 9.17) is 5.73 Å². The lowest BCUT2D eigenvalue weighted by molar-refractivity contribution is 0.317. The second kappa shape index (κ2) is 6.74. The normalized spacial score (nSPS) is 22.3. The summed E-state index contributed by atoms with van der Waals surface area (Å²) in [5, 5.41) is 0. The Labute approximate surface area is 106 Å². The van der Waals surface area contributed by atoms with Crippen molar-refractivity contribution in [1.82, 2.24) is 0 Å². The Morgan fingerprint density at radius 2 is 1.76 bits per heavy atom. The maximum atomic E-state index is 12.0. The molecule has 2 N–H and O–H groups in total. The van der Waals surface area contributed by atoms with Crippen LogP contribution in [0.25, 0.3) is 0 Å². The molecular weight excluding hydrogens is 234 g/mol. The number of nitrogens with two attached hydrogens (primary N) is 1. The average Bonchev–Trinajstić information content (AvgIpc) is 2.28. The zero-order valence-electron chi connectivity index (χ0n) is 11.2. The van der Waals surface area contributed by atoms with Gasteiger partial charge in [-0.05, 0) is 24.7 Å². The van der Waals surface area contributed by atoms with Crippen LogP contribution >= 0.6 is 0 Å². The van der Waals surface area contributed by atoms with Crippen molar-refractivity contribution in [2.24, 2.45) is 17.6 Å². The Kier molecular flexibility index (Phi) is 5.93. The molecule has 1 aliphatic carbocycles. The fourth-order valence-electron chi connectivity index (χ4n) is 2.61. The molecule has 2 unspecified atom stereocenters. The predicted octanol–water partition coefficient (Wildman–Crippen LogP) is 2.35. The molecule has 2 atom stereocenters. The van der Waals surface area contributed by atoms with E-state index in [1.807, 2.05) is 13.8 Å². The maximum absolute atomic E-state index is 12.0. The van der Waals surface area contributed by atoms with Gasteiger partial charge in [0.05, 0.1) is 11.5 Å². The van der Waals surface area contributed by atoms with Gasteiger partial charge >= 0.3 is 0 Å². The van der Waals surface area contributed by atoms with Crippen LogP contribution < -0.4 is 5.73 Å². The Balaban J connectivity index is 2.45. The number of hydrogen-bond donors (Lipinski definition) is 1. The summed E-state index contributed by atoms with van der Waals surface area (Å²) in [5.41, 5.74) is 6.07. The van der Waals surface area contributed by atoms with Crippen LogP contribution in [0.5, 0.6) is 0 Å². The first kappa shape index (κ1) is 15.0. The molecule has 0 aromatic carbocycles. The number of sulfone groups is 1. The average molecular weight is 261 g/mol. The minimum Gasteiger partial charge on any atom is -0.327 e.